The third-order valence-corrected chi connectivity index (χ3v) is 3.60. The molecule has 0 saturated heterocycles. The van der Waals surface area contributed by atoms with Crippen LogP contribution in [0.5, 0.6) is 0 Å². The van der Waals surface area contributed by atoms with Gasteiger partial charge in [0.05, 0.1) is 16.2 Å². The van der Waals surface area contributed by atoms with Gasteiger partial charge in [-0.2, -0.15) is 0 Å². The van der Waals surface area contributed by atoms with Gasteiger partial charge in [-0.15, -0.1) is 0 Å². The summed E-state index contributed by atoms with van der Waals surface area (Å²) in [4.78, 5) is 29.9. The Labute approximate surface area is 160 Å². The molecule has 0 saturated carbocycles. The lowest BCUT2D eigenvalue weighted by Gasteiger charge is -2.11. The van der Waals surface area contributed by atoms with Crippen LogP contribution in [0.4, 0.5) is 36.2 Å². The van der Waals surface area contributed by atoms with E-state index in [1.807, 2.05) is 0 Å². The molecule has 9 nitrogen and oxygen atoms in total. The normalized spacial score (nSPS) is 10.3. The fourth-order valence-electron chi connectivity index (χ4n) is 2.28. The molecule has 2 aromatic carbocycles. The number of nitro groups is 1. The predicted octanol–water partition coefficient (Wildman–Crippen LogP) is 3.30. The zero-order chi connectivity index (χ0) is 21.0. The molecule has 0 fully saturated rings. The van der Waals surface area contributed by atoms with Crippen LogP contribution in [-0.2, 0) is 0 Å². The molecule has 3 N–H and O–H groups in total. The molecule has 1 heterocycles. The van der Waals surface area contributed by atoms with Crippen LogP contribution in [0.3, 0.4) is 0 Å². The molecule has 0 atom stereocenters. The van der Waals surface area contributed by atoms with Gasteiger partial charge < -0.3 is 5.32 Å². The molecule has 0 spiro atoms. The van der Waals surface area contributed by atoms with E-state index in [0.717, 1.165) is 30.6 Å². The molecule has 3 rings (SSSR count). The smallest absolute Gasteiger partial charge is 0.332 e. The summed E-state index contributed by atoms with van der Waals surface area (Å²) in [6.07, 6.45) is 0.893. The van der Waals surface area contributed by atoms with Gasteiger partial charge in [-0.05, 0) is 24.3 Å². The molecule has 1 amide bonds. The van der Waals surface area contributed by atoms with E-state index < -0.39 is 51.3 Å². The van der Waals surface area contributed by atoms with Crippen molar-refractivity contribution in [3.8, 4) is 0 Å². The first-order chi connectivity index (χ1) is 13.9. The molecule has 148 valence electrons. The van der Waals surface area contributed by atoms with Crippen LogP contribution >= 0.6 is 0 Å². The predicted molar refractivity (Wildman–Crippen MR) is 95.8 cm³/mol. The summed E-state index contributed by atoms with van der Waals surface area (Å²) in [5.41, 5.74) is 2.82. The summed E-state index contributed by atoms with van der Waals surface area (Å²) in [5.74, 6) is -4.29. The summed E-state index contributed by atoms with van der Waals surface area (Å²) in [7, 11) is 0. The monoisotopic (exact) mass is 404 g/mol. The average molecular weight is 404 g/mol. The molecule has 29 heavy (non-hydrogen) atoms. The van der Waals surface area contributed by atoms with Crippen molar-refractivity contribution in [3.05, 3.63) is 81.9 Å². The topological polar surface area (TPSA) is 122 Å². The van der Waals surface area contributed by atoms with Crippen molar-refractivity contribution < 1.29 is 22.9 Å². The highest BCUT2D eigenvalue weighted by molar-refractivity contribution is 5.95. The Balaban J connectivity index is 1.87. The van der Waals surface area contributed by atoms with E-state index in [1.165, 1.54) is 18.2 Å². The zero-order valence-electron chi connectivity index (χ0n) is 14.3. The first kappa shape index (κ1) is 19.5. The average Bonchev–Trinajstić information content (AvgIpc) is 2.69. The van der Waals surface area contributed by atoms with Gasteiger partial charge in [0.15, 0.2) is 0 Å². The van der Waals surface area contributed by atoms with E-state index in [1.54, 1.807) is 0 Å². The van der Waals surface area contributed by atoms with E-state index in [4.69, 9.17) is 0 Å². The number of carbonyl (C=O) groups excluding carboxylic acids is 1. The van der Waals surface area contributed by atoms with Gasteiger partial charge in [-0.3, -0.25) is 25.8 Å². The molecule has 0 bridgehead atoms. The molecule has 3 aromatic rings. The number of halogens is 3. The van der Waals surface area contributed by atoms with Crippen LogP contribution in [0.2, 0.25) is 0 Å². The Morgan fingerprint density at radius 2 is 1.72 bits per heavy atom. The second-order valence-electron chi connectivity index (χ2n) is 5.48. The number of hydrazine groups is 1. The number of aromatic nitrogens is 2. The summed E-state index contributed by atoms with van der Waals surface area (Å²) in [6.45, 7) is 0. The van der Waals surface area contributed by atoms with Gasteiger partial charge in [-0.1, -0.05) is 12.1 Å². The standard InChI is InChI=1S/C17H11F3N6O3/c18-9-5-6-12(20)13(7-9)23-15-14(26(28)29)16(22-8-21-15)24-25-17(27)10-3-1-2-4-11(10)19/h1-8H,(H,25,27)(H2,21,22,23,24). The first-order valence-corrected chi connectivity index (χ1v) is 7.89. The second kappa shape index (κ2) is 8.21. The lowest BCUT2D eigenvalue weighted by atomic mass is 10.2. The highest BCUT2D eigenvalue weighted by Crippen LogP contribution is 2.31. The number of anilines is 3. The maximum absolute atomic E-state index is 13.8. The molecule has 0 unspecified atom stereocenters. The number of nitrogens with zero attached hydrogens (tertiary/aromatic N) is 3. The Bertz CT molecular complexity index is 1100. The number of carbonyl (C=O) groups is 1. The van der Waals surface area contributed by atoms with Gasteiger partial charge in [0, 0.05) is 6.07 Å². The number of hydrogen-bond acceptors (Lipinski definition) is 7. The van der Waals surface area contributed by atoms with E-state index >= 15 is 0 Å². The maximum atomic E-state index is 13.8. The number of nitrogens with one attached hydrogen (secondary N) is 3. The van der Waals surface area contributed by atoms with Crippen LogP contribution < -0.4 is 16.2 Å². The summed E-state index contributed by atoms with van der Waals surface area (Å²) in [5, 5.41) is 13.8. The van der Waals surface area contributed by atoms with E-state index in [9.17, 15) is 28.1 Å². The van der Waals surface area contributed by atoms with Crippen molar-refractivity contribution >= 4 is 28.9 Å². The van der Waals surface area contributed by atoms with Gasteiger partial charge in [-0.25, -0.2) is 23.1 Å². The molecule has 0 radical (unpaired) electrons. The third kappa shape index (κ3) is 4.37. The first-order valence-electron chi connectivity index (χ1n) is 7.89. The van der Waals surface area contributed by atoms with Gasteiger partial charge >= 0.3 is 5.69 Å². The highest BCUT2D eigenvalue weighted by Gasteiger charge is 2.24. The van der Waals surface area contributed by atoms with Gasteiger partial charge in [0.1, 0.15) is 23.8 Å². The summed E-state index contributed by atoms with van der Waals surface area (Å²) < 4.78 is 40.8. The Hall–Kier alpha value is -4.22. The summed E-state index contributed by atoms with van der Waals surface area (Å²) in [6, 6.07) is 7.59. The van der Waals surface area contributed by atoms with Crippen LogP contribution in [0.1, 0.15) is 10.4 Å². The van der Waals surface area contributed by atoms with Crippen molar-refractivity contribution in [2.45, 2.75) is 0 Å². The summed E-state index contributed by atoms with van der Waals surface area (Å²) >= 11 is 0. The quantitative estimate of drug-likeness (QED) is 0.426. The fraction of sp³-hybridized carbons (Fsp3) is 0. The van der Waals surface area contributed by atoms with Gasteiger partial charge in [0.2, 0.25) is 11.6 Å². The van der Waals surface area contributed by atoms with Crippen molar-refractivity contribution in [3.63, 3.8) is 0 Å². The van der Waals surface area contributed by atoms with Crippen molar-refractivity contribution in [1.29, 1.82) is 0 Å². The van der Waals surface area contributed by atoms with Crippen molar-refractivity contribution in [2.75, 3.05) is 10.7 Å². The van der Waals surface area contributed by atoms with E-state index in [0.29, 0.717) is 0 Å². The Morgan fingerprint density at radius 1 is 1.00 bits per heavy atom. The Morgan fingerprint density at radius 3 is 2.45 bits per heavy atom. The molecular formula is C17H11F3N6O3. The van der Waals surface area contributed by atoms with E-state index in [2.05, 4.69) is 26.1 Å². The Kier molecular flexibility index (Phi) is 5.53. The molecular weight excluding hydrogens is 393 g/mol. The highest BCUT2D eigenvalue weighted by atomic mass is 19.1. The second-order valence-corrected chi connectivity index (χ2v) is 5.48. The number of hydrogen-bond donors (Lipinski definition) is 3. The lowest BCUT2D eigenvalue weighted by molar-refractivity contribution is -0.383. The minimum absolute atomic E-state index is 0.308. The third-order valence-electron chi connectivity index (χ3n) is 3.60. The fourth-order valence-corrected chi connectivity index (χ4v) is 2.28. The molecule has 1 aromatic heterocycles. The molecule has 0 aliphatic carbocycles. The molecule has 0 aliphatic heterocycles. The molecule has 0 aliphatic rings. The number of benzene rings is 2. The maximum Gasteiger partial charge on any atom is 0.355 e. The zero-order valence-corrected chi connectivity index (χ0v) is 14.3. The SMILES string of the molecule is O=C(NNc1ncnc(Nc2cc(F)ccc2F)c1[N+](=O)[O-])c1ccccc1F. The van der Waals surface area contributed by atoms with Crippen LogP contribution in [0.25, 0.3) is 0 Å². The van der Waals surface area contributed by atoms with Gasteiger partial charge in [0.25, 0.3) is 5.91 Å². The lowest BCUT2D eigenvalue weighted by Crippen LogP contribution is -2.31. The largest absolute Gasteiger partial charge is 0.355 e. The van der Waals surface area contributed by atoms with E-state index in [-0.39, 0.29) is 5.56 Å². The van der Waals surface area contributed by atoms with Crippen LogP contribution in [-0.4, -0.2) is 20.8 Å². The number of rotatable bonds is 6. The van der Waals surface area contributed by atoms with Crippen molar-refractivity contribution in [1.82, 2.24) is 15.4 Å². The molecule has 12 heteroatoms. The van der Waals surface area contributed by atoms with Crippen molar-refractivity contribution in [2.24, 2.45) is 0 Å². The minimum Gasteiger partial charge on any atom is -0.332 e. The minimum atomic E-state index is -0.915. The number of amides is 1. The van der Waals surface area contributed by atoms with Crippen LogP contribution in [0.15, 0.2) is 48.8 Å². The van der Waals surface area contributed by atoms with Crippen LogP contribution in [0, 0.1) is 27.6 Å².